The van der Waals surface area contributed by atoms with Crippen LogP contribution in [0, 0.1) is 0 Å². The molecule has 1 atom stereocenters. The number of methoxy groups -OCH3 is 1. The molecule has 0 saturated heterocycles. The molecule has 0 radical (unpaired) electrons. The third-order valence-corrected chi connectivity index (χ3v) is 3.25. The van der Waals surface area contributed by atoms with Gasteiger partial charge in [-0.1, -0.05) is 12.1 Å². The number of aromatic nitrogens is 4. The van der Waals surface area contributed by atoms with Crippen LogP contribution in [0.15, 0.2) is 16.9 Å². The highest BCUT2D eigenvalue weighted by Crippen LogP contribution is 2.26. The smallest absolute Gasteiger partial charge is 0.234 e. The molecule has 2 aromatic rings. The molecule has 0 fully saturated rings. The Hall–Kier alpha value is -2.02. The van der Waals surface area contributed by atoms with Gasteiger partial charge in [-0.15, -0.1) is 0 Å². The molecule has 0 aliphatic rings. The summed E-state index contributed by atoms with van der Waals surface area (Å²) in [6.45, 7) is 4.47. The van der Waals surface area contributed by atoms with Crippen molar-refractivity contribution in [2.24, 2.45) is 5.73 Å². The molecule has 0 saturated carbocycles. The Morgan fingerprint density at radius 3 is 2.84 bits per heavy atom. The summed E-state index contributed by atoms with van der Waals surface area (Å²) in [6, 6.07) is 1.65. The number of nitrogens with two attached hydrogens (primary N) is 1. The zero-order valence-electron chi connectivity index (χ0n) is 11.3. The van der Waals surface area contributed by atoms with Gasteiger partial charge in [0.05, 0.1) is 12.5 Å². The molecule has 0 bridgehead atoms. The topological polar surface area (TPSA) is 100.0 Å². The number of rotatable bonds is 5. The molecule has 102 valence electrons. The summed E-state index contributed by atoms with van der Waals surface area (Å²) in [6.07, 6.45) is 2.21. The Morgan fingerprint density at radius 2 is 2.21 bits per heavy atom. The average molecular weight is 263 g/mol. The van der Waals surface area contributed by atoms with Gasteiger partial charge >= 0.3 is 0 Å². The second kappa shape index (κ2) is 5.31. The Labute approximate surface area is 111 Å². The summed E-state index contributed by atoms with van der Waals surface area (Å²) in [5.74, 6) is 1.38. The summed E-state index contributed by atoms with van der Waals surface area (Å²) in [4.78, 5) is 12.4. The van der Waals surface area contributed by atoms with E-state index in [1.165, 1.54) is 13.4 Å². The fraction of sp³-hybridized carbons (Fsp3) is 0.500. The maximum absolute atomic E-state index is 5.77. The first-order chi connectivity index (χ1) is 9.12. The van der Waals surface area contributed by atoms with Gasteiger partial charge in [-0.25, -0.2) is 9.97 Å². The minimum absolute atomic E-state index is 0.317. The highest BCUT2D eigenvalue weighted by Gasteiger charge is 2.30. The van der Waals surface area contributed by atoms with Gasteiger partial charge in [0.1, 0.15) is 12.0 Å². The van der Waals surface area contributed by atoms with Crippen LogP contribution in [-0.2, 0) is 5.41 Å². The number of hydrogen-bond acceptors (Lipinski definition) is 7. The maximum Gasteiger partial charge on any atom is 0.234 e. The summed E-state index contributed by atoms with van der Waals surface area (Å²) in [5.41, 5.74) is 6.01. The van der Waals surface area contributed by atoms with Gasteiger partial charge in [-0.05, 0) is 13.3 Å². The van der Waals surface area contributed by atoms with E-state index in [0.717, 1.165) is 6.42 Å². The second-order valence-electron chi connectivity index (χ2n) is 4.49. The van der Waals surface area contributed by atoms with Crippen LogP contribution in [-0.4, -0.2) is 33.8 Å². The van der Waals surface area contributed by atoms with Gasteiger partial charge in [-0.2, -0.15) is 4.98 Å². The molecule has 1 unspecified atom stereocenters. The van der Waals surface area contributed by atoms with Crippen LogP contribution >= 0.6 is 0 Å². The van der Waals surface area contributed by atoms with Crippen molar-refractivity contribution in [3.8, 4) is 17.4 Å². The lowest BCUT2D eigenvalue weighted by molar-refractivity contribution is 0.291. The van der Waals surface area contributed by atoms with Crippen LogP contribution < -0.4 is 10.5 Å². The molecule has 0 spiro atoms. The van der Waals surface area contributed by atoms with Crippen molar-refractivity contribution in [2.75, 3.05) is 13.7 Å². The Balaban J connectivity index is 2.35. The fourth-order valence-corrected chi connectivity index (χ4v) is 1.53. The average Bonchev–Trinajstić information content (AvgIpc) is 2.97. The largest absolute Gasteiger partial charge is 0.481 e. The van der Waals surface area contributed by atoms with Crippen LogP contribution in [0.4, 0.5) is 0 Å². The summed E-state index contributed by atoms with van der Waals surface area (Å²) >= 11 is 0. The summed E-state index contributed by atoms with van der Waals surface area (Å²) < 4.78 is 10.3. The van der Waals surface area contributed by atoms with Crippen LogP contribution in [0.3, 0.4) is 0 Å². The van der Waals surface area contributed by atoms with Crippen LogP contribution in [0.2, 0.25) is 0 Å². The van der Waals surface area contributed by atoms with E-state index >= 15 is 0 Å². The zero-order chi connectivity index (χ0) is 13.9. The van der Waals surface area contributed by atoms with E-state index in [0.29, 0.717) is 29.8 Å². The van der Waals surface area contributed by atoms with Crippen molar-refractivity contribution in [1.82, 2.24) is 20.1 Å². The molecular formula is C12H17N5O2. The first-order valence-electron chi connectivity index (χ1n) is 6.03. The molecule has 0 aliphatic carbocycles. The van der Waals surface area contributed by atoms with Gasteiger partial charge < -0.3 is 15.0 Å². The van der Waals surface area contributed by atoms with Crippen molar-refractivity contribution < 1.29 is 9.26 Å². The number of hydrogen-bond donors (Lipinski definition) is 1. The van der Waals surface area contributed by atoms with Crippen molar-refractivity contribution in [2.45, 2.75) is 25.7 Å². The van der Waals surface area contributed by atoms with Crippen molar-refractivity contribution in [1.29, 1.82) is 0 Å². The molecule has 2 N–H and O–H groups in total. The number of nitrogens with zero attached hydrogens (tertiary/aromatic N) is 4. The number of ether oxygens (including phenoxy) is 1. The van der Waals surface area contributed by atoms with Crippen molar-refractivity contribution >= 4 is 0 Å². The molecule has 2 rings (SSSR count). The molecular weight excluding hydrogens is 246 g/mol. The SMILES string of the molecule is CCC(C)(CN)c1nc(-c2cc(OC)ncn2)no1. The molecule has 0 aromatic carbocycles. The van der Waals surface area contributed by atoms with Crippen LogP contribution in [0.1, 0.15) is 26.2 Å². The van der Waals surface area contributed by atoms with Crippen molar-refractivity contribution in [3.63, 3.8) is 0 Å². The Kier molecular flexibility index (Phi) is 3.75. The molecule has 2 aromatic heterocycles. The zero-order valence-corrected chi connectivity index (χ0v) is 11.3. The van der Waals surface area contributed by atoms with Gasteiger partial charge in [0, 0.05) is 12.6 Å². The molecule has 7 heteroatoms. The van der Waals surface area contributed by atoms with Gasteiger partial charge in [0.15, 0.2) is 0 Å². The van der Waals surface area contributed by atoms with E-state index < -0.39 is 0 Å². The molecule has 2 heterocycles. The third kappa shape index (κ3) is 2.55. The first kappa shape index (κ1) is 13.4. The lowest BCUT2D eigenvalue weighted by atomic mass is 9.88. The van der Waals surface area contributed by atoms with E-state index in [1.54, 1.807) is 6.07 Å². The maximum atomic E-state index is 5.77. The minimum atomic E-state index is -0.317. The lowest BCUT2D eigenvalue weighted by Gasteiger charge is -2.20. The molecule has 19 heavy (non-hydrogen) atoms. The first-order valence-corrected chi connectivity index (χ1v) is 6.03. The molecule has 0 amide bonds. The van der Waals surface area contributed by atoms with Crippen LogP contribution in [0.5, 0.6) is 5.88 Å². The fourth-order valence-electron chi connectivity index (χ4n) is 1.53. The summed E-state index contributed by atoms with van der Waals surface area (Å²) in [5, 5.41) is 3.94. The van der Waals surface area contributed by atoms with E-state index in [1.807, 2.05) is 13.8 Å². The van der Waals surface area contributed by atoms with Gasteiger partial charge in [0.2, 0.25) is 17.6 Å². The van der Waals surface area contributed by atoms with E-state index in [2.05, 4.69) is 20.1 Å². The predicted octanol–water partition coefficient (Wildman–Crippen LogP) is 1.16. The quantitative estimate of drug-likeness (QED) is 0.863. The second-order valence-corrected chi connectivity index (χ2v) is 4.49. The third-order valence-electron chi connectivity index (χ3n) is 3.25. The van der Waals surface area contributed by atoms with Gasteiger partial charge in [-0.3, -0.25) is 0 Å². The van der Waals surface area contributed by atoms with Gasteiger partial charge in [0.25, 0.3) is 0 Å². The summed E-state index contributed by atoms with van der Waals surface area (Å²) in [7, 11) is 1.54. The Morgan fingerprint density at radius 1 is 1.42 bits per heavy atom. The monoisotopic (exact) mass is 263 g/mol. The van der Waals surface area contributed by atoms with Crippen LogP contribution in [0.25, 0.3) is 11.5 Å². The molecule has 7 nitrogen and oxygen atoms in total. The Bertz CT molecular complexity index is 551. The van der Waals surface area contributed by atoms with E-state index in [9.17, 15) is 0 Å². The van der Waals surface area contributed by atoms with Crippen molar-refractivity contribution in [3.05, 3.63) is 18.3 Å². The highest BCUT2D eigenvalue weighted by atomic mass is 16.5. The predicted molar refractivity (Wildman–Crippen MR) is 68.6 cm³/mol. The van der Waals surface area contributed by atoms with E-state index in [4.69, 9.17) is 15.0 Å². The normalized spacial score (nSPS) is 14.1. The molecule has 0 aliphatic heterocycles. The lowest BCUT2D eigenvalue weighted by Crippen LogP contribution is -2.31. The van der Waals surface area contributed by atoms with E-state index in [-0.39, 0.29) is 5.41 Å². The standard InChI is InChI=1S/C12H17N5O2/c1-4-12(2,6-13)11-16-10(17-19-11)8-5-9(18-3)15-7-14-8/h5,7H,4,6,13H2,1-3H3. The minimum Gasteiger partial charge on any atom is -0.481 e. The highest BCUT2D eigenvalue weighted by molar-refractivity contribution is 5.49.